The van der Waals surface area contributed by atoms with E-state index in [9.17, 15) is 0 Å². The molecule has 1 aromatic rings. The highest BCUT2D eigenvalue weighted by molar-refractivity contribution is 5.26. The van der Waals surface area contributed by atoms with Gasteiger partial charge in [-0.3, -0.25) is 0 Å². The summed E-state index contributed by atoms with van der Waals surface area (Å²) in [6.07, 6.45) is 27.4. The van der Waals surface area contributed by atoms with Crippen LogP contribution in [0.3, 0.4) is 0 Å². The molecule has 3 aliphatic carbocycles. The van der Waals surface area contributed by atoms with E-state index in [-0.39, 0.29) is 0 Å². The molecule has 2 atom stereocenters. The number of aryl methyl sites for hydroxylation is 1. The predicted molar refractivity (Wildman–Crippen MR) is 146 cm³/mol. The summed E-state index contributed by atoms with van der Waals surface area (Å²) in [5, 5.41) is 0. The van der Waals surface area contributed by atoms with Gasteiger partial charge >= 0.3 is 0 Å². The molecular formula is C33H52O. The first-order valence-corrected chi connectivity index (χ1v) is 15.1. The maximum Gasteiger partial charge on any atom is 0.0575 e. The fourth-order valence-corrected chi connectivity index (χ4v) is 7.13. The van der Waals surface area contributed by atoms with Gasteiger partial charge in [-0.2, -0.15) is 0 Å². The summed E-state index contributed by atoms with van der Waals surface area (Å²) in [5.74, 6) is 4.26. The van der Waals surface area contributed by atoms with Gasteiger partial charge in [0.15, 0.2) is 0 Å². The van der Waals surface area contributed by atoms with Crippen molar-refractivity contribution in [1.82, 2.24) is 0 Å². The molecule has 2 fully saturated rings. The first-order valence-electron chi connectivity index (χ1n) is 15.1. The number of hydrogen-bond donors (Lipinski definition) is 0. The molecule has 1 aromatic carbocycles. The quantitative estimate of drug-likeness (QED) is 0.234. The van der Waals surface area contributed by atoms with Crippen LogP contribution in [0.5, 0.6) is 0 Å². The van der Waals surface area contributed by atoms with Crippen LogP contribution in [0.25, 0.3) is 0 Å². The third-order valence-corrected chi connectivity index (χ3v) is 9.44. The van der Waals surface area contributed by atoms with Gasteiger partial charge in [-0.1, -0.05) is 75.9 Å². The van der Waals surface area contributed by atoms with Gasteiger partial charge in [0.2, 0.25) is 0 Å². The molecule has 0 saturated heterocycles. The van der Waals surface area contributed by atoms with E-state index in [2.05, 4.69) is 50.3 Å². The van der Waals surface area contributed by atoms with Crippen molar-refractivity contribution < 1.29 is 4.74 Å². The van der Waals surface area contributed by atoms with E-state index in [0.717, 1.165) is 30.3 Å². The molecule has 2 unspecified atom stereocenters. The second kappa shape index (κ2) is 13.9. The van der Waals surface area contributed by atoms with Gasteiger partial charge in [-0.15, -0.1) is 0 Å². The van der Waals surface area contributed by atoms with Crippen LogP contribution in [0.15, 0.2) is 36.4 Å². The molecule has 3 aliphatic rings. The molecule has 0 amide bonds. The van der Waals surface area contributed by atoms with E-state index in [0.29, 0.717) is 12.0 Å². The molecule has 4 rings (SSSR count). The summed E-state index contributed by atoms with van der Waals surface area (Å²) in [6, 6.07) is 9.60. The second-order valence-electron chi connectivity index (χ2n) is 12.0. The Morgan fingerprint density at radius 1 is 0.676 bits per heavy atom. The second-order valence-corrected chi connectivity index (χ2v) is 12.0. The lowest BCUT2D eigenvalue weighted by Crippen LogP contribution is -2.29. The highest BCUT2D eigenvalue weighted by Crippen LogP contribution is 2.43. The molecule has 0 spiro atoms. The Morgan fingerprint density at radius 2 is 1.32 bits per heavy atom. The monoisotopic (exact) mass is 464 g/mol. The van der Waals surface area contributed by atoms with Gasteiger partial charge in [0.05, 0.1) is 12.7 Å². The van der Waals surface area contributed by atoms with Crippen LogP contribution in [-0.2, 0) is 11.2 Å². The maximum absolute atomic E-state index is 6.44. The zero-order valence-electron chi connectivity index (χ0n) is 22.4. The molecule has 34 heavy (non-hydrogen) atoms. The van der Waals surface area contributed by atoms with Crippen LogP contribution in [0, 0.1) is 23.7 Å². The van der Waals surface area contributed by atoms with Crippen molar-refractivity contribution >= 4 is 0 Å². The molecular weight excluding hydrogens is 412 g/mol. The van der Waals surface area contributed by atoms with Crippen LogP contribution in [0.2, 0.25) is 0 Å². The van der Waals surface area contributed by atoms with Gasteiger partial charge in [-0.25, -0.2) is 0 Å². The van der Waals surface area contributed by atoms with E-state index < -0.39 is 0 Å². The lowest BCUT2D eigenvalue weighted by atomic mass is 9.69. The highest BCUT2D eigenvalue weighted by atomic mass is 16.5. The largest absolute Gasteiger partial charge is 0.378 e. The Morgan fingerprint density at radius 3 is 1.94 bits per heavy atom. The van der Waals surface area contributed by atoms with E-state index in [1.807, 2.05) is 0 Å². The first kappa shape index (κ1) is 26.0. The van der Waals surface area contributed by atoms with Crippen LogP contribution < -0.4 is 0 Å². The Bertz CT molecular complexity index is 703. The van der Waals surface area contributed by atoms with E-state index in [4.69, 9.17) is 4.74 Å². The number of benzene rings is 1. The molecule has 0 radical (unpaired) electrons. The summed E-state index contributed by atoms with van der Waals surface area (Å²) < 4.78 is 6.44. The Labute approximate surface area is 211 Å². The molecule has 0 aliphatic heterocycles. The van der Waals surface area contributed by atoms with Crippen molar-refractivity contribution in [2.24, 2.45) is 23.7 Å². The standard InChI is InChI=1S/C33H52O/c1-3-5-6-8-27-9-11-28(12-10-27)25-34-33-23-21-32(22-24-33)31-19-17-30(18-20-31)29-15-13-26(7-4-2)14-16-29/h9,11,13-16,27-28,30-33H,3-8,10,12,17-25H2,1-2H3. The molecule has 190 valence electrons. The maximum atomic E-state index is 6.44. The minimum absolute atomic E-state index is 0.532. The van der Waals surface area contributed by atoms with E-state index >= 15 is 0 Å². The predicted octanol–water partition coefficient (Wildman–Crippen LogP) is 9.65. The van der Waals surface area contributed by atoms with Gasteiger partial charge in [-0.05, 0) is 112 Å². The molecule has 2 saturated carbocycles. The minimum atomic E-state index is 0.532. The van der Waals surface area contributed by atoms with Crippen molar-refractivity contribution in [2.45, 2.75) is 129 Å². The topological polar surface area (TPSA) is 9.23 Å². The summed E-state index contributed by atoms with van der Waals surface area (Å²) in [4.78, 5) is 0. The Balaban J connectivity index is 1.11. The van der Waals surface area contributed by atoms with Crippen molar-refractivity contribution in [3.05, 3.63) is 47.5 Å². The number of allylic oxidation sites excluding steroid dienone is 1. The van der Waals surface area contributed by atoms with Crippen LogP contribution >= 0.6 is 0 Å². The minimum Gasteiger partial charge on any atom is -0.378 e. The van der Waals surface area contributed by atoms with Gasteiger partial charge < -0.3 is 4.74 Å². The van der Waals surface area contributed by atoms with Crippen LogP contribution in [-0.4, -0.2) is 12.7 Å². The highest BCUT2D eigenvalue weighted by Gasteiger charge is 2.31. The zero-order valence-corrected chi connectivity index (χ0v) is 22.4. The first-order chi connectivity index (χ1) is 16.7. The van der Waals surface area contributed by atoms with E-state index in [1.54, 1.807) is 5.56 Å². The lowest BCUT2D eigenvalue weighted by molar-refractivity contribution is -0.00487. The van der Waals surface area contributed by atoms with Crippen molar-refractivity contribution in [2.75, 3.05) is 6.61 Å². The summed E-state index contributed by atoms with van der Waals surface area (Å²) in [6.45, 7) is 5.54. The van der Waals surface area contributed by atoms with Gasteiger partial charge in [0.1, 0.15) is 0 Å². The smallest absolute Gasteiger partial charge is 0.0575 e. The zero-order chi connectivity index (χ0) is 23.6. The normalized spacial score (nSPS) is 32.1. The molecule has 1 heteroatoms. The molecule has 0 heterocycles. The summed E-state index contributed by atoms with van der Waals surface area (Å²) in [7, 11) is 0. The Kier molecular flexibility index (Phi) is 10.6. The molecule has 0 N–H and O–H groups in total. The molecule has 0 bridgehead atoms. The number of rotatable bonds is 11. The summed E-state index contributed by atoms with van der Waals surface area (Å²) in [5.41, 5.74) is 3.10. The number of ether oxygens (including phenoxy) is 1. The van der Waals surface area contributed by atoms with Gasteiger partial charge in [0, 0.05) is 5.92 Å². The fourth-order valence-electron chi connectivity index (χ4n) is 7.13. The number of hydrogen-bond acceptors (Lipinski definition) is 1. The number of unbranched alkanes of at least 4 members (excludes halogenated alkanes) is 2. The van der Waals surface area contributed by atoms with Crippen LogP contribution in [0.1, 0.15) is 127 Å². The van der Waals surface area contributed by atoms with Crippen molar-refractivity contribution in [3.63, 3.8) is 0 Å². The average Bonchev–Trinajstić information content (AvgIpc) is 2.89. The fraction of sp³-hybridized carbons (Fsp3) is 0.758. The lowest BCUT2D eigenvalue weighted by Gasteiger charge is -2.38. The summed E-state index contributed by atoms with van der Waals surface area (Å²) >= 11 is 0. The molecule has 1 nitrogen and oxygen atoms in total. The Hall–Kier alpha value is -1.08. The SMILES string of the molecule is CCCCCC1C=CC(COC2CCC(C3CCC(c4ccc(CCC)cc4)CC3)CC2)CC1. The third-order valence-electron chi connectivity index (χ3n) is 9.44. The molecule has 0 aromatic heterocycles. The van der Waals surface area contributed by atoms with Crippen molar-refractivity contribution in [1.29, 1.82) is 0 Å². The van der Waals surface area contributed by atoms with Crippen LogP contribution in [0.4, 0.5) is 0 Å². The van der Waals surface area contributed by atoms with E-state index in [1.165, 1.54) is 108 Å². The van der Waals surface area contributed by atoms with Gasteiger partial charge in [0.25, 0.3) is 0 Å². The van der Waals surface area contributed by atoms with Crippen molar-refractivity contribution in [3.8, 4) is 0 Å². The average molecular weight is 465 g/mol. The third kappa shape index (κ3) is 7.71.